The summed E-state index contributed by atoms with van der Waals surface area (Å²) in [6.45, 7) is 3.70. The molecular formula is C33H25N5O4S2. The lowest BCUT2D eigenvalue weighted by Gasteiger charge is -2.22. The number of aromatic nitrogens is 4. The van der Waals surface area contributed by atoms with Gasteiger partial charge in [0.15, 0.2) is 10.1 Å². The molecule has 9 nitrogen and oxygen atoms in total. The third-order valence-corrected chi connectivity index (χ3v) is 9.88. The number of anilines is 1. The van der Waals surface area contributed by atoms with Crippen LogP contribution in [0.2, 0.25) is 0 Å². The van der Waals surface area contributed by atoms with Crippen LogP contribution in [0, 0.1) is 13.8 Å². The van der Waals surface area contributed by atoms with Crippen molar-refractivity contribution in [1.29, 1.82) is 0 Å². The van der Waals surface area contributed by atoms with Gasteiger partial charge in [0.1, 0.15) is 17.1 Å². The Hall–Kier alpha value is -5.00. The number of hydrogen-bond acceptors (Lipinski definition) is 9. The van der Waals surface area contributed by atoms with Crippen LogP contribution in [0.4, 0.5) is 5.13 Å². The van der Waals surface area contributed by atoms with Crippen LogP contribution in [0.25, 0.3) is 22.2 Å². The quantitative estimate of drug-likeness (QED) is 0.0705. The van der Waals surface area contributed by atoms with Gasteiger partial charge in [-0.1, -0.05) is 83.8 Å². The van der Waals surface area contributed by atoms with Gasteiger partial charge in [0.25, 0.3) is 5.78 Å². The molecule has 1 aliphatic rings. The van der Waals surface area contributed by atoms with Gasteiger partial charge in [0.2, 0.25) is 5.13 Å². The molecule has 4 heterocycles. The van der Waals surface area contributed by atoms with Crippen molar-refractivity contribution in [1.82, 2.24) is 19.6 Å². The van der Waals surface area contributed by atoms with Gasteiger partial charge in [-0.25, -0.2) is 4.98 Å². The molecule has 0 aliphatic carbocycles. The Balaban J connectivity index is 1.29. The zero-order valence-corrected chi connectivity index (χ0v) is 25.3. The number of carbonyl (C=O) groups excluding carboxylic acids is 2. The number of phenols is 1. The van der Waals surface area contributed by atoms with Crippen molar-refractivity contribution in [2.24, 2.45) is 0 Å². The number of aromatic hydroxyl groups is 1. The summed E-state index contributed by atoms with van der Waals surface area (Å²) in [5.41, 5.74) is 3.78. The number of aliphatic hydroxyl groups is 1. The van der Waals surface area contributed by atoms with E-state index >= 15 is 0 Å². The molecular weight excluding hydrogens is 595 g/mol. The maximum Gasteiger partial charge on any atom is 0.301 e. The van der Waals surface area contributed by atoms with E-state index in [1.807, 2.05) is 47.9 Å². The van der Waals surface area contributed by atoms with Crippen LogP contribution in [0.5, 0.6) is 5.75 Å². The molecule has 0 bridgehead atoms. The number of aliphatic hydroxyl groups excluding tert-OH is 1. The van der Waals surface area contributed by atoms with Crippen molar-refractivity contribution < 1.29 is 19.8 Å². The Morgan fingerprint density at radius 1 is 0.977 bits per heavy atom. The van der Waals surface area contributed by atoms with Crippen molar-refractivity contribution in [3.63, 3.8) is 0 Å². The van der Waals surface area contributed by atoms with Crippen LogP contribution >= 0.6 is 23.1 Å². The molecule has 0 radical (unpaired) electrons. The summed E-state index contributed by atoms with van der Waals surface area (Å²) < 4.78 is 2.45. The molecule has 0 spiro atoms. The van der Waals surface area contributed by atoms with Crippen LogP contribution in [-0.4, -0.2) is 41.5 Å². The second-order valence-electron chi connectivity index (χ2n) is 10.5. The fraction of sp³-hybridized carbons (Fsp3) is 0.121. The number of rotatable bonds is 6. The number of benzene rings is 3. The minimum atomic E-state index is -1.06. The number of amides is 1. The zero-order valence-electron chi connectivity index (χ0n) is 23.6. The van der Waals surface area contributed by atoms with Crippen molar-refractivity contribution in [3.05, 3.63) is 119 Å². The van der Waals surface area contributed by atoms with Crippen molar-refractivity contribution in [3.8, 4) is 5.75 Å². The standard InChI is InChI=1S/C33H25N5O4S2/c1-18-8-7-15-37-19(2)26(34-30(18)37)28(40)25-27(21-11-6-13-23(39)16-21)38(31(42)29(25)41)32-35-36-33(44-32)43-17-22-12-5-10-20-9-3-4-14-24(20)22/h3-16,27,39-40H,17H2,1-2H3/b28-25+. The molecule has 7 rings (SSSR count). The molecule has 44 heavy (non-hydrogen) atoms. The second-order valence-corrected chi connectivity index (χ2v) is 12.7. The van der Waals surface area contributed by atoms with Gasteiger partial charge in [-0.15, -0.1) is 10.2 Å². The van der Waals surface area contributed by atoms with Gasteiger partial charge in [-0.05, 0) is 59.5 Å². The van der Waals surface area contributed by atoms with E-state index in [-0.39, 0.29) is 22.1 Å². The van der Waals surface area contributed by atoms with E-state index < -0.39 is 23.5 Å². The van der Waals surface area contributed by atoms with Crippen LogP contribution in [0.1, 0.15) is 34.1 Å². The molecule has 1 aliphatic heterocycles. The van der Waals surface area contributed by atoms with E-state index in [0.29, 0.717) is 27.0 Å². The number of fused-ring (bicyclic) bond motifs is 2. The van der Waals surface area contributed by atoms with Gasteiger partial charge >= 0.3 is 5.91 Å². The maximum absolute atomic E-state index is 13.7. The van der Waals surface area contributed by atoms with E-state index in [9.17, 15) is 19.8 Å². The number of aryl methyl sites for hydroxylation is 2. The molecule has 3 aromatic carbocycles. The minimum Gasteiger partial charge on any atom is -0.508 e. The lowest BCUT2D eigenvalue weighted by atomic mass is 9.96. The smallest absolute Gasteiger partial charge is 0.301 e. The first-order valence-electron chi connectivity index (χ1n) is 13.8. The lowest BCUT2D eigenvalue weighted by molar-refractivity contribution is -0.132. The number of Topliss-reactive ketones (excluding diaryl/α,β-unsaturated/α-hetero) is 1. The molecule has 1 saturated heterocycles. The highest BCUT2D eigenvalue weighted by molar-refractivity contribution is 8.00. The monoisotopic (exact) mass is 619 g/mol. The molecule has 3 aromatic heterocycles. The van der Waals surface area contributed by atoms with Crippen molar-refractivity contribution in [2.75, 3.05) is 4.90 Å². The summed E-state index contributed by atoms with van der Waals surface area (Å²) >= 11 is 2.68. The molecule has 1 amide bonds. The Morgan fingerprint density at radius 2 is 1.77 bits per heavy atom. The molecule has 1 fully saturated rings. The Morgan fingerprint density at radius 3 is 2.59 bits per heavy atom. The highest BCUT2D eigenvalue weighted by Crippen LogP contribution is 2.45. The van der Waals surface area contributed by atoms with Gasteiger partial charge in [-0.2, -0.15) is 0 Å². The summed E-state index contributed by atoms with van der Waals surface area (Å²) in [4.78, 5) is 33.2. The third kappa shape index (κ3) is 4.61. The van der Waals surface area contributed by atoms with E-state index in [1.165, 1.54) is 40.1 Å². The Kier molecular flexibility index (Phi) is 6.91. The Bertz CT molecular complexity index is 2150. The highest BCUT2D eigenvalue weighted by Gasteiger charge is 2.49. The molecule has 0 saturated carbocycles. The summed E-state index contributed by atoms with van der Waals surface area (Å²) in [6.07, 6.45) is 1.82. The first-order chi connectivity index (χ1) is 21.3. The predicted octanol–water partition coefficient (Wildman–Crippen LogP) is 6.58. The maximum atomic E-state index is 13.7. The third-order valence-electron chi connectivity index (χ3n) is 7.77. The summed E-state index contributed by atoms with van der Waals surface area (Å²) in [7, 11) is 0. The average Bonchev–Trinajstić information content (AvgIpc) is 3.71. The number of nitrogens with zero attached hydrogens (tertiary/aromatic N) is 5. The number of ketones is 1. The van der Waals surface area contributed by atoms with Gasteiger partial charge in [0.05, 0.1) is 17.3 Å². The largest absolute Gasteiger partial charge is 0.508 e. The molecule has 1 atom stereocenters. The SMILES string of the molecule is Cc1cccn2c(C)c(/C(O)=C3\C(=O)C(=O)N(c4nnc(SCc5cccc6ccccc56)s4)C3c3cccc(O)c3)nc12. The minimum absolute atomic E-state index is 0.0452. The normalized spacial score (nSPS) is 16.4. The molecule has 2 N–H and O–H groups in total. The summed E-state index contributed by atoms with van der Waals surface area (Å²) in [5, 5.41) is 33.1. The molecule has 11 heteroatoms. The van der Waals surface area contributed by atoms with Gasteiger partial charge < -0.3 is 14.6 Å². The summed E-state index contributed by atoms with van der Waals surface area (Å²) in [5.74, 6) is -1.52. The van der Waals surface area contributed by atoms with E-state index in [0.717, 1.165) is 21.9 Å². The number of imidazole rings is 1. The van der Waals surface area contributed by atoms with Crippen LogP contribution < -0.4 is 4.90 Å². The fourth-order valence-corrected chi connectivity index (χ4v) is 7.50. The fourth-order valence-electron chi connectivity index (χ4n) is 5.63. The first-order valence-corrected chi connectivity index (χ1v) is 15.6. The topological polar surface area (TPSA) is 121 Å². The molecule has 1 unspecified atom stereocenters. The zero-order chi connectivity index (χ0) is 30.5. The first kappa shape index (κ1) is 27.8. The highest BCUT2D eigenvalue weighted by atomic mass is 32.2. The van der Waals surface area contributed by atoms with Crippen LogP contribution in [0.3, 0.4) is 0 Å². The van der Waals surface area contributed by atoms with Gasteiger partial charge in [-0.3, -0.25) is 14.5 Å². The van der Waals surface area contributed by atoms with Crippen molar-refractivity contribution in [2.45, 2.75) is 30.0 Å². The number of pyridine rings is 1. The van der Waals surface area contributed by atoms with Crippen molar-refractivity contribution >= 4 is 62.1 Å². The van der Waals surface area contributed by atoms with E-state index in [4.69, 9.17) is 0 Å². The molecule has 218 valence electrons. The number of phenolic OH excluding ortho intramolecular Hbond substituents is 1. The average molecular weight is 620 g/mol. The number of hydrogen-bond donors (Lipinski definition) is 2. The predicted molar refractivity (Wildman–Crippen MR) is 171 cm³/mol. The second kappa shape index (κ2) is 10.9. The van der Waals surface area contributed by atoms with Crippen LogP contribution in [0.15, 0.2) is 95.0 Å². The lowest BCUT2D eigenvalue weighted by Crippen LogP contribution is -2.29. The van der Waals surface area contributed by atoms with E-state index in [2.05, 4.69) is 39.4 Å². The van der Waals surface area contributed by atoms with E-state index in [1.54, 1.807) is 19.1 Å². The number of carbonyl (C=O) groups is 2. The number of thioether (sulfide) groups is 1. The molecule has 6 aromatic rings. The van der Waals surface area contributed by atoms with Gasteiger partial charge in [0, 0.05) is 11.9 Å². The van der Waals surface area contributed by atoms with Crippen LogP contribution in [-0.2, 0) is 15.3 Å². The Labute approximate surface area is 260 Å². The summed E-state index contributed by atoms with van der Waals surface area (Å²) in [6, 6.07) is 23.3.